The highest BCUT2D eigenvalue weighted by Gasteiger charge is 2.16. The summed E-state index contributed by atoms with van der Waals surface area (Å²) < 4.78 is 5.28. The topological polar surface area (TPSA) is 120 Å². The van der Waals surface area contributed by atoms with Gasteiger partial charge < -0.3 is 15.5 Å². The zero-order valence-corrected chi connectivity index (χ0v) is 11.4. The molecule has 0 saturated carbocycles. The number of benzene rings is 1. The summed E-state index contributed by atoms with van der Waals surface area (Å²) >= 11 is 0. The van der Waals surface area contributed by atoms with Crippen molar-refractivity contribution in [2.24, 2.45) is 5.84 Å². The maximum absolute atomic E-state index is 11.8. The molecule has 1 amide bonds. The summed E-state index contributed by atoms with van der Waals surface area (Å²) in [6.07, 6.45) is 0.0860. The third-order valence-corrected chi connectivity index (χ3v) is 2.45. The molecule has 8 heteroatoms. The second-order valence-corrected chi connectivity index (χ2v) is 4.31. The molecule has 0 aliphatic rings. The number of nitrogens with one attached hydrogen (secondary N) is 2. The molecule has 0 aromatic heterocycles. The average Bonchev–Trinajstić information content (AvgIpc) is 2.42. The van der Waals surface area contributed by atoms with Gasteiger partial charge in [-0.2, -0.15) is 0 Å². The number of nitro groups is 1. The van der Waals surface area contributed by atoms with Crippen molar-refractivity contribution in [3.05, 3.63) is 33.9 Å². The van der Waals surface area contributed by atoms with Crippen LogP contribution >= 0.6 is 0 Å². The Hall–Kier alpha value is -2.19. The van der Waals surface area contributed by atoms with Gasteiger partial charge in [0.1, 0.15) is 5.69 Å². The number of anilines is 1. The molecule has 0 heterocycles. The fourth-order valence-electron chi connectivity index (χ4n) is 1.51. The lowest BCUT2D eigenvalue weighted by Crippen LogP contribution is -2.28. The minimum Gasteiger partial charge on any atom is -0.377 e. The molecular formula is C12H18N4O4. The summed E-state index contributed by atoms with van der Waals surface area (Å²) in [5.74, 6) is 4.77. The van der Waals surface area contributed by atoms with Crippen molar-refractivity contribution in [3.63, 3.8) is 0 Å². The van der Waals surface area contributed by atoms with E-state index in [2.05, 4.69) is 10.7 Å². The van der Waals surface area contributed by atoms with Gasteiger partial charge in [0.2, 0.25) is 0 Å². The van der Waals surface area contributed by atoms with E-state index in [1.807, 2.05) is 13.8 Å². The van der Waals surface area contributed by atoms with Crippen LogP contribution in [-0.4, -0.2) is 30.1 Å². The van der Waals surface area contributed by atoms with Crippen molar-refractivity contribution >= 4 is 17.3 Å². The quantitative estimate of drug-likeness (QED) is 0.297. The van der Waals surface area contributed by atoms with Gasteiger partial charge in [0, 0.05) is 18.2 Å². The first-order valence-electron chi connectivity index (χ1n) is 6.10. The minimum absolute atomic E-state index is 0.0860. The number of hydrogen-bond acceptors (Lipinski definition) is 6. The minimum atomic E-state index is -0.603. The molecule has 1 aromatic rings. The van der Waals surface area contributed by atoms with E-state index in [4.69, 9.17) is 10.6 Å². The van der Waals surface area contributed by atoms with Gasteiger partial charge >= 0.3 is 0 Å². The number of nitrogen functional groups attached to an aromatic ring is 1. The number of amides is 1. The lowest BCUT2D eigenvalue weighted by Gasteiger charge is -2.09. The van der Waals surface area contributed by atoms with Gasteiger partial charge in [0.15, 0.2) is 0 Å². The number of rotatable bonds is 7. The van der Waals surface area contributed by atoms with E-state index in [1.54, 1.807) is 0 Å². The predicted molar refractivity (Wildman–Crippen MR) is 74.3 cm³/mol. The molecule has 0 unspecified atom stereocenters. The van der Waals surface area contributed by atoms with Crippen LogP contribution in [0.3, 0.4) is 0 Å². The molecular weight excluding hydrogens is 264 g/mol. The maximum Gasteiger partial charge on any atom is 0.294 e. The standard InChI is InChI=1S/C12H18N4O4/c1-8(2)20-6-5-14-12(17)9-3-4-10(15-13)11(7-9)16(18)19/h3-4,7-8,15H,5-6,13H2,1-2H3,(H,14,17). The predicted octanol–water partition coefficient (Wildman–Crippen LogP) is 1.04. The Bertz CT molecular complexity index is 490. The van der Waals surface area contributed by atoms with Crippen LogP contribution in [0.5, 0.6) is 0 Å². The SMILES string of the molecule is CC(C)OCCNC(=O)c1ccc(NN)c([N+](=O)[O-])c1. The van der Waals surface area contributed by atoms with Crippen LogP contribution in [0.2, 0.25) is 0 Å². The van der Waals surface area contributed by atoms with Crippen molar-refractivity contribution in [2.75, 3.05) is 18.6 Å². The number of nitrogens with zero attached hydrogens (tertiary/aromatic N) is 1. The first kappa shape index (κ1) is 15.9. The lowest BCUT2D eigenvalue weighted by atomic mass is 10.1. The van der Waals surface area contributed by atoms with Crippen molar-refractivity contribution in [2.45, 2.75) is 20.0 Å². The molecule has 0 spiro atoms. The van der Waals surface area contributed by atoms with Crippen LogP contribution in [0, 0.1) is 10.1 Å². The summed E-state index contributed by atoms with van der Waals surface area (Å²) in [5.41, 5.74) is 2.31. The average molecular weight is 282 g/mol. The third kappa shape index (κ3) is 4.48. The Morgan fingerprint density at radius 3 is 2.75 bits per heavy atom. The van der Waals surface area contributed by atoms with E-state index in [9.17, 15) is 14.9 Å². The Morgan fingerprint density at radius 1 is 1.50 bits per heavy atom. The van der Waals surface area contributed by atoms with E-state index in [1.165, 1.54) is 18.2 Å². The first-order valence-corrected chi connectivity index (χ1v) is 6.10. The summed E-state index contributed by atoms with van der Waals surface area (Å²) in [6.45, 7) is 4.50. The number of carbonyl (C=O) groups is 1. The fourth-order valence-corrected chi connectivity index (χ4v) is 1.51. The second-order valence-electron chi connectivity index (χ2n) is 4.31. The van der Waals surface area contributed by atoms with Crippen molar-refractivity contribution < 1.29 is 14.5 Å². The molecule has 4 N–H and O–H groups in total. The highest BCUT2D eigenvalue weighted by atomic mass is 16.6. The van der Waals surface area contributed by atoms with Crippen LogP contribution in [-0.2, 0) is 4.74 Å². The van der Waals surface area contributed by atoms with Gasteiger partial charge in [-0.3, -0.25) is 20.8 Å². The van der Waals surface area contributed by atoms with Crippen molar-refractivity contribution in [1.82, 2.24) is 5.32 Å². The van der Waals surface area contributed by atoms with E-state index in [-0.39, 0.29) is 23.0 Å². The molecule has 20 heavy (non-hydrogen) atoms. The third-order valence-electron chi connectivity index (χ3n) is 2.45. The first-order chi connectivity index (χ1) is 9.45. The largest absolute Gasteiger partial charge is 0.377 e. The fraction of sp³-hybridized carbons (Fsp3) is 0.417. The highest BCUT2D eigenvalue weighted by molar-refractivity contribution is 5.95. The molecule has 0 aliphatic heterocycles. The zero-order chi connectivity index (χ0) is 15.1. The lowest BCUT2D eigenvalue weighted by molar-refractivity contribution is -0.384. The van der Waals surface area contributed by atoms with Crippen LogP contribution in [0.25, 0.3) is 0 Å². The van der Waals surface area contributed by atoms with Gasteiger partial charge in [-0.05, 0) is 26.0 Å². The Labute approximate surface area is 116 Å². The Balaban J connectivity index is 2.69. The molecule has 8 nitrogen and oxygen atoms in total. The molecule has 110 valence electrons. The molecule has 0 aliphatic carbocycles. The number of nitrogens with two attached hydrogens (primary N) is 1. The molecule has 1 rings (SSSR count). The normalized spacial score (nSPS) is 10.4. The van der Waals surface area contributed by atoms with Crippen LogP contribution in [0.1, 0.15) is 24.2 Å². The molecule has 1 aromatic carbocycles. The molecule has 0 atom stereocenters. The highest BCUT2D eigenvalue weighted by Crippen LogP contribution is 2.24. The van der Waals surface area contributed by atoms with Gasteiger partial charge in [-0.25, -0.2) is 0 Å². The summed E-state index contributed by atoms with van der Waals surface area (Å²) in [5, 5.41) is 13.5. The van der Waals surface area contributed by atoms with Gasteiger partial charge in [0.05, 0.1) is 17.6 Å². The van der Waals surface area contributed by atoms with Gasteiger partial charge in [-0.1, -0.05) is 0 Å². The molecule has 0 radical (unpaired) electrons. The van der Waals surface area contributed by atoms with Gasteiger partial charge in [0.25, 0.3) is 11.6 Å². The molecule has 0 fully saturated rings. The Kier molecular flexibility index (Phi) is 5.88. The molecule has 0 bridgehead atoms. The van der Waals surface area contributed by atoms with Crippen molar-refractivity contribution in [3.8, 4) is 0 Å². The summed E-state index contributed by atoms with van der Waals surface area (Å²) in [7, 11) is 0. The van der Waals surface area contributed by atoms with E-state index in [0.29, 0.717) is 13.2 Å². The number of carbonyl (C=O) groups excluding carboxylic acids is 1. The van der Waals surface area contributed by atoms with E-state index in [0.717, 1.165) is 0 Å². The van der Waals surface area contributed by atoms with Crippen LogP contribution in [0.15, 0.2) is 18.2 Å². The number of hydrogen-bond donors (Lipinski definition) is 3. The monoisotopic (exact) mass is 282 g/mol. The van der Waals surface area contributed by atoms with E-state index < -0.39 is 10.8 Å². The number of nitro benzene ring substituents is 1. The molecule has 0 saturated heterocycles. The number of ether oxygens (including phenoxy) is 1. The Morgan fingerprint density at radius 2 is 2.20 bits per heavy atom. The van der Waals surface area contributed by atoms with Crippen LogP contribution in [0.4, 0.5) is 11.4 Å². The smallest absolute Gasteiger partial charge is 0.294 e. The summed E-state index contributed by atoms with van der Waals surface area (Å²) in [6, 6.07) is 4.02. The summed E-state index contributed by atoms with van der Waals surface area (Å²) in [4.78, 5) is 22.1. The van der Waals surface area contributed by atoms with Crippen LogP contribution < -0.4 is 16.6 Å². The second kappa shape index (κ2) is 7.41. The maximum atomic E-state index is 11.8. The van der Waals surface area contributed by atoms with Gasteiger partial charge in [-0.15, -0.1) is 0 Å². The zero-order valence-electron chi connectivity index (χ0n) is 11.4. The van der Waals surface area contributed by atoms with E-state index >= 15 is 0 Å². The van der Waals surface area contributed by atoms with Crippen molar-refractivity contribution in [1.29, 1.82) is 0 Å². The number of hydrazine groups is 1.